The summed E-state index contributed by atoms with van der Waals surface area (Å²) in [5.74, 6) is 0.264. The molecule has 0 radical (unpaired) electrons. The second-order valence-electron chi connectivity index (χ2n) is 5.26. The number of carbonyl (C=O) groups excluding carboxylic acids is 1. The van der Waals surface area contributed by atoms with Gasteiger partial charge in [0.25, 0.3) is 0 Å². The Balaban J connectivity index is 2.09. The lowest BCUT2D eigenvalue weighted by Gasteiger charge is -2.05. The predicted molar refractivity (Wildman–Crippen MR) is 78.5 cm³/mol. The van der Waals surface area contributed by atoms with Gasteiger partial charge in [-0.3, -0.25) is 4.79 Å². The van der Waals surface area contributed by atoms with Gasteiger partial charge in [-0.2, -0.15) is 0 Å². The van der Waals surface area contributed by atoms with Crippen LogP contribution in [0.25, 0.3) is 0 Å². The second kappa shape index (κ2) is 5.87. The molecule has 0 N–H and O–H groups in total. The number of aryl methyl sites for hydroxylation is 1. The van der Waals surface area contributed by atoms with E-state index in [1.165, 1.54) is 11.1 Å². The summed E-state index contributed by atoms with van der Waals surface area (Å²) >= 11 is 0. The summed E-state index contributed by atoms with van der Waals surface area (Å²) in [6.45, 7) is 6.84. The maximum absolute atomic E-state index is 11.9. The highest BCUT2D eigenvalue weighted by Gasteiger charge is 2.11. The number of carbonyl (C=O) groups is 1. The summed E-state index contributed by atoms with van der Waals surface area (Å²) in [7, 11) is 0. The van der Waals surface area contributed by atoms with Crippen LogP contribution in [0, 0.1) is 5.92 Å². The molecule has 0 amide bonds. The molecule has 0 bridgehead atoms. The van der Waals surface area contributed by atoms with E-state index in [9.17, 15) is 4.79 Å². The van der Waals surface area contributed by atoms with Gasteiger partial charge in [-0.05, 0) is 23.6 Å². The topological polar surface area (TPSA) is 22.0 Å². The van der Waals surface area contributed by atoms with Crippen molar-refractivity contribution in [2.45, 2.75) is 33.7 Å². The Morgan fingerprint density at radius 3 is 2.32 bits per heavy atom. The monoisotopic (exact) mass is 255 g/mol. The molecular formula is C17H21NO. The maximum Gasteiger partial charge on any atom is 0.166 e. The Hall–Kier alpha value is -1.83. The summed E-state index contributed by atoms with van der Waals surface area (Å²) in [5.41, 5.74) is 3.42. The quantitative estimate of drug-likeness (QED) is 0.742. The van der Waals surface area contributed by atoms with E-state index in [-0.39, 0.29) is 11.7 Å². The van der Waals surface area contributed by atoms with Gasteiger partial charge in [0.15, 0.2) is 5.78 Å². The highest BCUT2D eigenvalue weighted by molar-refractivity contribution is 5.97. The summed E-state index contributed by atoms with van der Waals surface area (Å²) in [5, 5.41) is 0. The molecule has 2 heteroatoms. The largest absolute Gasteiger partial charge is 0.349 e. The lowest BCUT2D eigenvalue weighted by molar-refractivity contribution is 0.0939. The van der Waals surface area contributed by atoms with E-state index in [1.807, 2.05) is 32.3 Å². The Morgan fingerprint density at radius 1 is 1.11 bits per heavy atom. The molecule has 0 aliphatic rings. The summed E-state index contributed by atoms with van der Waals surface area (Å²) in [6.07, 6.45) is 4.98. The zero-order valence-electron chi connectivity index (χ0n) is 11.9. The Labute approximate surface area is 115 Å². The zero-order valence-corrected chi connectivity index (χ0v) is 11.9. The highest BCUT2D eigenvalue weighted by Crippen LogP contribution is 2.12. The van der Waals surface area contributed by atoms with Crippen molar-refractivity contribution in [1.82, 2.24) is 4.57 Å². The molecule has 2 rings (SSSR count). The summed E-state index contributed by atoms with van der Waals surface area (Å²) < 4.78 is 2.07. The second-order valence-corrected chi connectivity index (χ2v) is 5.26. The van der Waals surface area contributed by atoms with Gasteiger partial charge >= 0.3 is 0 Å². The molecule has 0 aliphatic carbocycles. The van der Waals surface area contributed by atoms with Crippen LogP contribution in [-0.2, 0) is 13.0 Å². The van der Waals surface area contributed by atoms with Crippen molar-refractivity contribution in [3.05, 3.63) is 59.4 Å². The summed E-state index contributed by atoms with van der Waals surface area (Å²) in [4.78, 5) is 11.9. The first-order valence-electron chi connectivity index (χ1n) is 6.88. The van der Waals surface area contributed by atoms with Crippen LogP contribution < -0.4 is 0 Å². The summed E-state index contributed by atoms with van der Waals surface area (Å²) in [6, 6.07) is 10.5. The first kappa shape index (κ1) is 13.6. The van der Waals surface area contributed by atoms with Crippen LogP contribution in [0.1, 0.15) is 42.3 Å². The Kier molecular flexibility index (Phi) is 4.20. The first-order valence-corrected chi connectivity index (χ1v) is 6.88. The average Bonchev–Trinajstić information content (AvgIpc) is 2.87. The van der Waals surface area contributed by atoms with Crippen molar-refractivity contribution in [3.63, 3.8) is 0 Å². The molecule has 100 valence electrons. The molecule has 0 fully saturated rings. The number of benzene rings is 1. The average molecular weight is 255 g/mol. The van der Waals surface area contributed by atoms with Crippen LogP contribution in [0.3, 0.4) is 0 Å². The van der Waals surface area contributed by atoms with Gasteiger partial charge in [0.2, 0.25) is 0 Å². The van der Waals surface area contributed by atoms with Crippen LogP contribution in [0.15, 0.2) is 42.7 Å². The van der Waals surface area contributed by atoms with Crippen LogP contribution in [0.2, 0.25) is 0 Å². The standard InChI is InChI=1S/C17H21NO/c1-4-14-5-7-15(8-6-14)11-18-10-9-16(12-18)17(19)13(2)3/h5-10,12-13H,4,11H2,1-3H3. The van der Waals surface area contributed by atoms with Gasteiger partial charge in [0, 0.05) is 30.4 Å². The molecular weight excluding hydrogens is 234 g/mol. The van der Waals surface area contributed by atoms with Crippen molar-refractivity contribution in [3.8, 4) is 0 Å². The van der Waals surface area contributed by atoms with Crippen molar-refractivity contribution < 1.29 is 4.79 Å². The highest BCUT2D eigenvalue weighted by atomic mass is 16.1. The van der Waals surface area contributed by atoms with Crippen molar-refractivity contribution in [2.75, 3.05) is 0 Å². The number of aromatic nitrogens is 1. The number of ketones is 1. The van der Waals surface area contributed by atoms with Crippen molar-refractivity contribution in [1.29, 1.82) is 0 Å². The van der Waals surface area contributed by atoms with E-state index in [0.717, 1.165) is 18.5 Å². The molecule has 1 heterocycles. The minimum absolute atomic E-state index is 0.0553. The SMILES string of the molecule is CCc1ccc(Cn2ccc(C(=O)C(C)C)c2)cc1. The van der Waals surface area contributed by atoms with E-state index in [4.69, 9.17) is 0 Å². The van der Waals surface area contributed by atoms with E-state index in [0.29, 0.717) is 0 Å². The van der Waals surface area contributed by atoms with E-state index >= 15 is 0 Å². The number of hydrogen-bond donors (Lipinski definition) is 0. The molecule has 0 saturated heterocycles. The molecule has 1 aromatic carbocycles. The van der Waals surface area contributed by atoms with Crippen LogP contribution in [-0.4, -0.2) is 10.4 Å². The zero-order chi connectivity index (χ0) is 13.8. The fraction of sp³-hybridized carbons (Fsp3) is 0.353. The van der Waals surface area contributed by atoms with E-state index in [1.54, 1.807) is 0 Å². The molecule has 0 saturated carbocycles. The molecule has 0 unspecified atom stereocenters. The molecule has 19 heavy (non-hydrogen) atoms. The fourth-order valence-electron chi connectivity index (χ4n) is 2.11. The predicted octanol–water partition coefficient (Wildman–Crippen LogP) is 3.94. The minimum Gasteiger partial charge on any atom is -0.349 e. The third kappa shape index (κ3) is 3.34. The molecule has 0 aliphatic heterocycles. The molecule has 1 aromatic heterocycles. The van der Waals surface area contributed by atoms with Gasteiger partial charge in [-0.15, -0.1) is 0 Å². The lowest BCUT2D eigenvalue weighted by Crippen LogP contribution is -2.06. The third-order valence-electron chi connectivity index (χ3n) is 3.36. The Bertz CT molecular complexity index is 549. The van der Waals surface area contributed by atoms with Crippen LogP contribution in [0.4, 0.5) is 0 Å². The van der Waals surface area contributed by atoms with Crippen molar-refractivity contribution in [2.24, 2.45) is 5.92 Å². The molecule has 2 nitrogen and oxygen atoms in total. The van der Waals surface area contributed by atoms with Crippen LogP contribution >= 0.6 is 0 Å². The van der Waals surface area contributed by atoms with E-state index < -0.39 is 0 Å². The van der Waals surface area contributed by atoms with Gasteiger partial charge < -0.3 is 4.57 Å². The Morgan fingerprint density at radius 2 is 1.74 bits per heavy atom. The smallest absolute Gasteiger partial charge is 0.166 e. The van der Waals surface area contributed by atoms with Gasteiger partial charge in [-0.1, -0.05) is 45.0 Å². The normalized spacial score (nSPS) is 10.9. The molecule has 2 aromatic rings. The molecule has 0 atom stereocenters. The fourth-order valence-corrected chi connectivity index (χ4v) is 2.11. The maximum atomic E-state index is 11.9. The molecule has 0 spiro atoms. The number of nitrogens with zero attached hydrogens (tertiary/aromatic N) is 1. The number of hydrogen-bond acceptors (Lipinski definition) is 1. The number of Topliss-reactive ketones (excluding diaryl/α,β-unsaturated/α-hetero) is 1. The van der Waals surface area contributed by atoms with Crippen molar-refractivity contribution >= 4 is 5.78 Å². The van der Waals surface area contributed by atoms with Crippen LogP contribution in [0.5, 0.6) is 0 Å². The number of rotatable bonds is 5. The first-order chi connectivity index (χ1) is 9.10. The van der Waals surface area contributed by atoms with Gasteiger partial charge in [0.1, 0.15) is 0 Å². The van der Waals surface area contributed by atoms with Gasteiger partial charge in [0.05, 0.1) is 0 Å². The van der Waals surface area contributed by atoms with Gasteiger partial charge in [-0.25, -0.2) is 0 Å². The lowest BCUT2D eigenvalue weighted by atomic mass is 10.0. The third-order valence-corrected chi connectivity index (χ3v) is 3.36. The minimum atomic E-state index is 0.0553. The van der Waals surface area contributed by atoms with E-state index in [2.05, 4.69) is 35.8 Å².